The molecular formula is C15H20Cl3N2O2+. The Hall–Kier alpha value is -0.780. The highest BCUT2D eigenvalue weighted by molar-refractivity contribution is 6.68. The van der Waals surface area contributed by atoms with Gasteiger partial charge in [0.1, 0.15) is 0 Å². The summed E-state index contributed by atoms with van der Waals surface area (Å²) in [6.45, 7) is 1.29. The first kappa shape index (κ1) is 19.3. The van der Waals surface area contributed by atoms with E-state index in [9.17, 15) is 4.79 Å². The predicted octanol–water partition coefficient (Wildman–Crippen LogP) is 2.11. The zero-order valence-corrected chi connectivity index (χ0v) is 14.5. The van der Waals surface area contributed by atoms with Crippen molar-refractivity contribution in [3.05, 3.63) is 42.0 Å². The Morgan fingerprint density at radius 3 is 2.64 bits per heavy atom. The lowest BCUT2D eigenvalue weighted by molar-refractivity contribution is -0.692. The van der Waals surface area contributed by atoms with Crippen molar-refractivity contribution < 1.29 is 14.8 Å². The van der Waals surface area contributed by atoms with Crippen LogP contribution in [0.4, 0.5) is 0 Å². The number of carbonyl (C=O) groups is 1. The van der Waals surface area contributed by atoms with Gasteiger partial charge in [-0.05, 0) is 11.6 Å². The maximum Gasteiger partial charge on any atom is 0.262 e. The summed E-state index contributed by atoms with van der Waals surface area (Å²) >= 11 is 17.7. The Morgan fingerprint density at radius 2 is 2.05 bits per heavy atom. The smallest absolute Gasteiger partial charge is 0.262 e. The molecule has 1 aromatic rings. The van der Waals surface area contributed by atoms with Crippen molar-refractivity contribution in [2.24, 2.45) is 0 Å². The molecule has 7 heteroatoms. The minimum Gasteiger partial charge on any atom is -0.384 e. The van der Waals surface area contributed by atoms with Gasteiger partial charge in [-0.3, -0.25) is 10.1 Å². The molecule has 0 heterocycles. The zero-order chi connectivity index (χ0) is 16.4. The number of nitrogens with one attached hydrogen (secondary N) is 1. The van der Waals surface area contributed by atoms with Gasteiger partial charge in [-0.25, -0.2) is 0 Å². The van der Waals surface area contributed by atoms with E-state index in [2.05, 4.69) is 5.32 Å². The van der Waals surface area contributed by atoms with Crippen LogP contribution in [0.25, 0.3) is 6.08 Å². The molecule has 122 valence electrons. The summed E-state index contributed by atoms with van der Waals surface area (Å²) in [6, 6.07) is 9.49. The molecule has 0 saturated heterocycles. The van der Waals surface area contributed by atoms with Crippen LogP contribution in [0, 0.1) is 0 Å². The minimum atomic E-state index is -1.59. The number of quaternary nitrogens is 1. The molecule has 1 rings (SSSR count). The molecule has 0 saturated carbocycles. The van der Waals surface area contributed by atoms with Gasteiger partial charge in [-0.15, -0.1) is 0 Å². The Labute approximate surface area is 145 Å². The average Bonchev–Trinajstić information content (AvgIpc) is 2.48. The van der Waals surface area contributed by atoms with Crippen molar-refractivity contribution >= 4 is 46.8 Å². The molecule has 0 aliphatic heterocycles. The third-order valence-electron chi connectivity index (χ3n) is 2.83. The first-order chi connectivity index (χ1) is 10.4. The van der Waals surface area contributed by atoms with Crippen molar-refractivity contribution in [3.8, 4) is 0 Å². The van der Waals surface area contributed by atoms with Crippen LogP contribution in [0.1, 0.15) is 12.0 Å². The lowest BCUT2D eigenvalue weighted by Crippen LogP contribution is -2.96. The second-order valence-electron chi connectivity index (χ2n) is 4.64. The van der Waals surface area contributed by atoms with E-state index >= 15 is 0 Å². The quantitative estimate of drug-likeness (QED) is 0.320. The highest BCUT2D eigenvalue weighted by Crippen LogP contribution is 2.27. The number of methoxy groups -OCH3 is 1. The monoisotopic (exact) mass is 365 g/mol. The molecule has 0 fully saturated rings. The van der Waals surface area contributed by atoms with E-state index in [-0.39, 0.29) is 5.91 Å². The summed E-state index contributed by atoms with van der Waals surface area (Å²) in [6.07, 6.45) is 3.25. The van der Waals surface area contributed by atoms with Gasteiger partial charge in [-0.1, -0.05) is 65.1 Å². The largest absolute Gasteiger partial charge is 0.384 e. The summed E-state index contributed by atoms with van der Waals surface area (Å²) in [5, 5.41) is 4.46. The van der Waals surface area contributed by atoms with Crippen LogP contribution in [-0.2, 0) is 9.53 Å². The summed E-state index contributed by atoms with van der Waals surface area (Å²) < 4.78 is 3.37. The summed E-state index contributed by atoms with van der Waals surface area (Å²) in [5.74, 6) is -0.317. The molecular weight excluding hydrogens is 347 g/mol. The number of rotatable bonds is 8. The first-order valence-corrected chi connectivity index (χ1v) is 7.99. The van der Waals surface area contributed by atoms with E-state index < -0.39 is 9.96 Å². The van der Waals surface area contributed by atoms with E-state index in [1.807, 2.05) is 30.3 Å². The Morgan fingerprint density at radius 1 is 1.36 bits per heavy atom. The predicted molar refractivity (Wildman–Crippen MR) is 91.0 cm³/mol. The fourth-order valence-electron chi connectivity index (χ4n) is 1.72. The van der Waals surface area contributed by atoms with Crippen molar-refractivity contribution in [1.82, 2.24) is 5.32 Å². The molecule has 1 amide bonds. The third-order valence-corrected chi connectivity index (χ3v) is 3.54. The van der Waals surface area contributed by atoms with Crippen LogP contribution in [0.2, 0.25) is 0 Å². The molecule has 0 radical (unpaired) electrons. The molecule has 0 bridgehead atoms. The lowest BCUT2D eigenvalue weighted by atomic mass is 10.2. The minimum absolute atomic E-state index is 0.317. The summed E-state index contributed by atoms with van der Waals surface area (Å²) in [4.78, 5) is 11.9. The van der Waals surface area contributed by atoms with Gasteiger partial charge >= 0.3 is 0 Å². The normalized spacial score (nSPS) is 13.3. The molecule has 3 N–H and O–H groups in total. The molecule has 1 atom stereocenters. The summed E-state index contributed by atoms with van der Waals surface area (Å²) in [7, 11) is 1.63. The van der Waals surface area contributed by atoms with Crippen molar-refractivity contribution in [2.75, 3.05) is 20.3 Å². The molecule has 22 heavy (non-hydrogen) atoms. The van der Waals surface area contributed by atoms with E-state index in [1.54, 1.807) is 18.5 Å². The van der Waals surface area contributed by atoms with E-state index in [1.165, 1.54) is 6.08 Å². The molecule has 0 unspecified atom stereocenters. The lowest BCUT2D eigenvalue weighted by Gasteiger charge is -2.22. The van der Waals surface area contributed by atoms with Gasteiger partial charge in [0.05, 0.1) is 13.2 Å². The van der Waals surface area contributed by atoms with Gasteiger partial charge in [0.2, 0.25) is 12.1 Å². The van der Waals surface area contributed by atoms with Crippen molar-refractivity contribution in [2.45, 2.75) is 16.4 Å². The van der Waals surface area contributed by atoms with Gasteiger partial charge in [0.15, 0.2) is 0 Å². The first-order valence-electron chi connectivity index (χ1n) is 6.86. The number of hydrogen-bond donors (Lipinski definition) is 2. The standard InChI is InChI=1S/C15H19Cl3N2O2/c1-22-11-5-10-19-14(15(16,17)18)20-13(21)9-8-12-6-3-2-4-7-12/h2-4,6-9,14,19H,5,10-11H2,1H3,(H,20,21)/p+1/b9-8+/t14-/m0/s1. The van der Waals surface area contributed by atoms with Crippen LogP contribution in [0.5, 0.6) is 0 Å². The maximum atomic E-state index is 11.9. The van der Waals surface area contributed by atoms with Crippen LogP contribution >= 0.6 is 34.8 Å². The summed E-state index contributed by atoms with van der Waals surface area (Å²) in [5.41, 5.74) is 0.923. The fourth-order valence-corrected chi connectivity index (χ4v) is 2.15. The number of ether oxygens (including phenoxy) is 1. The van der Waals surface area contributed by atoms with Gasteiger partial charge in [0.25, 0.3) is 3.79 Å². The van der Waals surface area contributed by atoms with Gasteiger partial charge < -0.3 is 10.1 Å². The number of carbonyl (C=O) groups excluding carboxylic acids is 1. The molecule has 4 nitrogen and oxygen atoms in total. The zero-order valence-electron chi connectivity index (χ0n) is 12.3. The highest BCUT2D eigenvalue weighted by Gasteiger charge is 2.36. The molecule has 1 aromatic carbocycles. The topological polar surface area (TPSA) is 54.9 Å². The number of alkyl halides is 3. The van der Waals surface area contributed by atoms with Crippen LogP contribution in [0.3, 0.4) is 0 Å². The Kier molecular flexibility index (Phi) is 8.83. The second-order valence-corrected chi connectivity index (χ2v) is 7.01. The SMILES string of the molecule is COCCC[NH2+][C@@H](NC(=O)/C=C/c1ccccc1)C(Cl)(Cl)Cl. The fraction of sp³-hybridized carbons (Fsp3) is 0.400. The third kappa shape index (κ3) is 8.01. The molecule has 0 aliphatic carbocycles. The number of benzene rings is 1. The van der Waals surface area contributed by atoms with Crippen LogP contribution in [0.15, 0.2) is 36.4 Å². The maximum absolute atomic E-state index is 11.9. The van der Waals surface area contributed by atoms with Gasteiger partial charge in [-0.2, -0.15) is 0 Å². The second kappa shape index (κ2) is 10.1. The van der Waals surface area contributed by atoms with E-state index in [0.29, 0.717) is 13.2 Å². The molecule has 0 aliphatic rings. The van der Waals surface area contributed by atoms with Crippen LogP contribution < -0.4 is 10.6 Å². The van der Waals surface area contributed by atoms with E-state index in [4.69, 9.17) is 39.5 Å². The van der Waals surface area contributed by atoms with Crippen molar-refractivity contribution in [3.63, 3.8) is 0 Å². The highest BCUT2D eigenvalue weighted by atomic mass is 35.6. The Bertz CT molecular complexity index is 475. The Balaban J connectivity index is 2.53. The molecule has 0 aromatic heterocycles. The van der Waals surface area contributed by atoms with Crippen LogP contribution in [-0.4, -0.2) is 36.1 Å². The van der Waals surface area contributed by atoms with Crippen molar-refractivity contribution in [1.29, 1.82) is 0 Å². The molecule has 0 spiro atoms. The van der Waals surface area contributed by atoms with Gasteiger partial charge in [0, 0.05) is 19.6 Å². The average molecular weight is 367 g/mol. The van der Waals surface area contributed by atoms with E-state index in [0.717, 1.165) is 12.0 Å². The number of hydrogen-bond acceptors (Lipinski definition) is 2. The number of amides is 1. The number of nitrogens with two attached hydrogens (primary N) is 1. The number of halogens is 3.